The zero-order valence-electron chi connectivity index (χ0n) is 15.8. The first-order chi connectivity index (χ1) is 10.8. The Hall–Kier alpha value is -1.81. The van der Waals surface area contributed by atoms with Crippen molar-refractivity contribution >= 4 is 5.97 Å². The number of aryl methyl sites for hydroxylation is 1. The number of aromatic hydroxyl groups is 1. The molecule has 1 aromatic carbocycles. The van der Waals surface area contributed by atoms with Gasteiger partial charge in [0.05, 0.1) is 0 Å². The molecule has 0 saturated carbocycles. The van der Waals surface area contributed by atoms with Crippen LogP contribution in [0.5, 0.6) is 5.75 Å². The first-order valence-electron chi connectivity index (χ1n) is 8.15. The number of phenols is 1. The molecule has 136 valence electrons. The lowest BCUT2D eigenvalue weighted by Gasteiger charge is -2.28. The van der Waals surface area contributed by atoms with Crippen molar-refractivity contribution in [3.8, 4) is 5.75 Å². The largest absolute Gasteiger partial charge is 0.507 e. The van der Waals surface area contributed by atoms with E-state index in [-0.39, 0.29) is 10.8 Å². The van der Waals surface area contributed by atoms with E-state index in [0.717, 1.165) is 24.0 Å². The van der Waals surface area contributed by atoms with E-state index in [2.05, 4.69) is 60.3 Å². The molecule has 0 aromatic heterocycles. The molecular formula is C20H32O4. The molecule has 4 nitrogen and oxygen atoms in total. The van der Waals surface area contributed by atoms with Gasteiger partial charge in [0.25, 0.3) is 0 Å². The van der Waals surface area contributed by atoms with Gasteiger partial charge in [-0.2, -0.15) is 0 Å². The Morgan fingerprint density at radius 1 is 1.08 bits per heavy atom. The van der Waals surface area contributed by atoms with Gasteiger partial charge >= 0.3 is 5.97 Å². The Bertz CT molecular complexity index is 525. The number of benzene rings is 1. The first-order valence-corrected chi connectivity index (χ1v) is 8.15. The van der Waals surface area contributed by atoms with E-state index in [4.69, 9.17) is 15.0 Å². The molecular weight excluding hydrogens is 304 g/mol. The molecule has 0 aliphatic rings. The number of aliphatic carboxylic acids is 1. The maximum atomic E-state index is 10.6. The number of carboxylic acids is 1. The molecule has 4 heteroatoms. The summed E-state index contributed by atoms with van der Waals surface area (Å²) in [5.41, 5.74) is 3.27. The van der Waals surface area contributed by atoms with Gasteiger partial charge in [-0.15, -0.1) is 6.58 Å². The summed E-state index contributed by atoms with van der Waals surface area (Å²) in [6.45, 7) is 15.9. The van der Waals surface area contributed by atoms with E-state index in [1.807, 2.05) is 6.08 Å². The first kappa shape index (κ1) is 22.2. The van der Waals surface area contributed by atoms with Crippen LogP contribution in [0.15, 0.2) is 24.8 Å². The number of aliphatic hydroxyl groups is 1. The van der Waals surface area contributed by atoms with Crippen molar-refractivity contribution < 1.29 is 20.1 Å². The molecule has 0 bridgehead atoms. The zero-order chi connectivity index (χ0) is 19.1. The van der Waals surface area contributed by atoms with Crippen LogP contribution in [0.1, 0.15) is 64.7 Å². The Morgan fingerprint density at radius 3 is 1.71 bits per heavy atom. The van der Waals surface area contributed by atoms with Crippen LogP contribution in [0.2, 0.25) is 0 Å². The Balaban J connectivity index is 0.000000922. The van der Waals surface area contributed by atoms with Crippen molar-refractivity contribution in [3.05, 3.63) is 41.5 Å². The minimum Gasteiger partial charge on any atom is -0.507 e. The van der Waals surface area contributed by atoms with Gasteiger partial charge in [-0.25, -0.2) is 4.79 Å². The molecule has 0 amide bonds. The summed E-state index contributed by atoms with van der Waals surface area (Å²) in [7, 11) is 0. The van der Waals surface area contributed by atoms with Crippen molar-refractivity contribution in [1.29, 1.82) is 0 Å². The van der Waals surface area contributed by atoms with Gasteiger partial charge < -0.3 is 15.3 Å². The molecule has 0 fully saturated rings. The minimum absolute atomic E-state index is 0.0473. The predicted octanol–water partition coefficient (Wildman–Crippen LogP) is 4.17. The molecule has 0 aliphatic carbocycles. The Labute approximate surface area is 145 Å². The maximum absolute atomic E-state index is 10.6. The number of allylic oxidation sites excluding steroid dienone is 1. The molecule has 3 N–H and O–H groups in total. The number of phenolic OH excluding ortho intramolecular Hbond substituents is 1. The maximum Gasteiger partial charge on any atom is 0.329 e. The lowest BCUT2D eigenvalue weighted by atomic mass is 9.78. The van der Waals surface area contributed by atoms with Gasteiger partial charge in [-0.1, -0.05) is 59.8 Å². The normalized spacial score (nSPS) is 11.5. The van der Waals surface area contributed by atoms with Crippen LogP contribution in [0, 0.1) is 0 Å². The van der Waals surface area contributed by atoms with Gasteiger partial charge in [0.2, 0.25) is 0 Å². The number of carbonyl (C=O) groups is 1. The number of carboxylic acid groups (broad SMARTS) is 1. The lowest BCUT2D eigenvalue weighted by Crippen LogP contribution is -2.17. The molecule has 0 heterocycles. The number of rotatable bonds is 4. The van der Waals surface area contributed by atoms with Gasteiger partial charge in [-0.3, -0.25) is 0 Å². The topological polar surface area (TPSA) is 77.8 Å². The fraction of sp³-hybridized carbons (Fsp3) is 0.550. The minimum atomic E-state index is -1.19. The molecule has 1 rings (SSSR count). The standard InChI is InChI=1S/C18H28O.C2H4O3/c1-8-9-10-13-11-14(17(2,3)4)16(19)15(12-13)18(5,6)7;3-1-2(4)5/h8,11-12,19H,1,9-10H2,2-7H3;3H,1H2,(H,4,5). The second kappa shape index (κ2) is 8.88. The monoisotopic (exact) mass is 336 g/mol. The summed E-state index contributed by atoms with van der Waals surface area (Å²) >= 11 is 0. The third-order valence-corrected chi connectivity index (χ3v) is 3.56. The fourth-order valence-electron chi connectivity index (χ4n) is 2.25. The number of hydrogen-bond donors (Lipinski definition) is 3. The van der Waals surface area contributed by atoms with E-state index in [9.17, 15) is 5.11 Å². The summed E-state index contributed by atoms with van der Waals surface area (Å²) in [6, 6.07) is 4.29. The van der Waals surface area contributed by atoms with Gasteiger partial charge in [0.1, 0.15) is 12.4 Å². The van der Waals surface area contributed by atoms with E-state index >= 15 is 0 Å². The van der Waals surface area contributed by atoms with Crippen LogP contribution < -0.4 is 0 Å². The molecule has 0 unspecified atom stereocenters. The van der Waals surface area contributed by atoms with Crippen LogP contribution in [0.4, 0.5) is 0 Å². The Kier molecular flexibility index (Phi) is 8.21. The van der Waals surface area contributed by atoms with E-state index < -0.39 is 12.6 Å². The molecule has 0 radical (unpaired) electrons. The Morgan fingerprint density at radius 2 is 1.46 bits per heavy atom. The van der Waals surface area contributed by atoms with Crippen molar-refractivity contribution in [1.82, 2.24) is 0 Å². The summed E-state index contributed by atoms with van der Waals surface area (Å²) in [5, 5.41) is 25.6. The average Bonchev–Trinajstić information content (AvgIpc) is 2.44. The molecule has 0 atom stereocenters. The highest BCUT2D eigenvalue weighted by Crippen LogP contribution is 2.39. The van der Waals surface area contributed by atoms with Gasteiger partial charge in [-0.05, 0) is 40.4 Å². The highest BCUT2D eigenvalue weighted by atomic mass is 16.4. The zero-order valence-corrected chi connectivity index (χ0v) is 15.8. The fourth-order valence-corrected chi connectivity index (χ4v) is 2.25. The van der Waals surface area contributed by atoms with Crippen molar-refractivity contribution in [2.24, 2.45) is 0 Å². The van der Waals surface area contributed by atoms with E-state index in [1.165, 1.54) is 5.56 Å². The molecule has 0 spiro atoms. The summed E-state index contributed by atoms with van der Waals surface area (Å²) in [4.78, 5) is 9.12. The van der Waals surface area contributed by atoms with Crippen LogP contribution in [0.25, 0.3) is 0 Å². The summed E-state index contributed by atoms with van der Waals surface area (Å²) in [5.74, 6) is -0.729. The van der Waals surface area contributed by atoms with Gasteiger partial charge in [0.15, 0.2) is 0 Å². The van der Waals surface area contributed by atoms with Crippen molar-refractivity contribution in [3.63, 3.8) is 0 Å². The van der Waals surface area contributed by atoms with Crippen LogP contribution in [-0.2, 0) is 22.0 Å². The highest BCUT2D eigenvalue weighted by Gasteiger charge is 2.26. The SMILES string of the molecule is C=CCCc1cc(C(C)(C)C)c(O)c(C(C)(C)C)c1.O=C(O)CO. The van der Waals surface area contributed by atoms with E-state index in [0.29, 0.717) is 5.75 Å². The lowest BCUT2D eigenvalue weighted by molar-refractivity contribution is -0.140. The summed E-state index contributed by atoms with van der Waals surface area (Å²) < 4.78 is 0. The van der Waals surface area contributed by atoms with Crippen LogP contribution in [-0.4, -0.2) is 27.9 Å². The van der Waals surface area contributed by atoms with Gasteiger partial charge in [0, 0.05) is 0 Å². The smallest absolute Gasteiger partial charge is 0.329 e. The second-order valence-corrected chi connectivity index (χ2v) is 7.92. The van der Waals surface area contributed by atoms with Crippen LogP contribution >= 0.6 is 0 Å². The number of hydrogen-bond acceptors (Lipinski definition) is 3. The molecule has 0 saturated heterocycles. The quantitative estimate of drug-likeness (QED) is 0.721. The second-order valence-electron chi connectivity index (χ2n) is 7.92. The highest BCUT2D eigenvalue weighted by molar-refractivity contribution is 5.67. The molecule has 0 aliphatic heterocycles. The van der Waals surface area contributed by atoms with Crippen LogP contribution in [0.3, 0.4) is 0 Å². The average molecular weight is 336 g/mol. The third-order valence-electron chi connectivity index (χ3n) is 3.56. The molecule has 24 heavy (non-hydrogen) atoms. The van der Waals surface area contributed by atoms with Crippen molar-refractivity contribution in [2.75, 3.05) is 6.61 Å². The number of aliphatic hydroxyl groups excluding tert-OH is 1. The third kappa shape index (κ3) is 7.18. The van der Waals surface area contributed by atoms with E-state index in [1.54, 1.807) is 0 Å². The predicted molar refractivity (Wildman–Crippen MR) is 98.7 cm³/mol. The summed E-state index contributed by atoms with van der Waals surface area (Å²) in [6.07, 6.45) is 3.90. The molecule has 1 aromatic rings. The van der Waals surface area contributed by atoms with Crippen molar-refractivity contribution in [2.45, 2.75) is 65.2 Å².